The van der Waals surface area contributed by atoms with Gasteiger partial charge >= 0.3 is 0 Å². The van der Waals surface area contributed by atoms with Gasteiger partial charge in [-0.15, -0.1) is 0 Å². The fourth-order valence-electron chi connectivity index (χ4n) is 1.17. The predicted octanol–water partition coefficient (Wildman–Crippen LogP) is 0.850. The number of carbonyl (C=O) groups is 1. The van der Waals surface area contributed by atoms with Gasteiger partial charge in [-0.05, 0) is 30.6 Å². The fraction of sp³-hybridized carbons (Fsp3) is 0.400. The van der Waals surface area contributed by atoms with Crippen molar-refractivity contribution in [1.82, 2.24) is 10.3 Å². The van der Waals surface area contributed by atoms with Crippen molar-refractivity contribution in [3.8, 4) is 0 Å². The minimum atomic E-state index is -0.0972. The van der Waals surface area contributed by atoms with E-state index < -0.39 is 0 Å². The summed E-state index contributed by atoms with van der Waals surface area (Å²) < 4.78 is 0. The van der Waals surface area contributed by atoms with E-state index in [1.54, 1.807) is 30.1 Å². The number of hydrogen-bond acceptors (Lipinski definition) is 5. The number of aromatic nitrogens is 1. The van der Waals surface area contributed by atoms with Crippen LogP contribution in [0.3, 0.4) is 0 Å². The van der Waals surface area contributed by atoms with Crippen LogP contribution in [-0.4, -0.2) is 29.4 Å². The lowest BCUT2D eigenvalue weighted by atomic mass is 10.2. The summed E-state index contributed by atoms with van der Waals surface area (Å²) in [5.74, 6) is 6.65. The topological polar surface area (TPSA) is 80.0 Å². The second-order valence-electron chi connectivity index (χ2n) is 3.18. The van der Waals surface area contributed by atoms with Crippen molar-refractivity contribution in [2.45, 2.75) is 6.42 Å². The van der Waals surface area contributed by atoms with Crippen LogP contribution in [0.1, 0.15) is 16.8 Å². The molecule has 0 atom stereocenters. The van der Waals surface area contributed by atoms with Gasteiger partial charge in [0.05, 0.1) is 0 Å². The number of anilines is 1. The first-order valence-corrected chi connectivity index (χ1v) is 6.37. The standard InChI is InChI=1S/C10H16N4OS/c1-16-6-2-4-13-10(15)8-3-5-12-9(7-8)14-11/h3,5,7H,2,4,6,11H2,1H3,(H,12,14)(H,13,15). The Kier molecular flexibility index (Phi) is 5.66. The molecule has 0 aliphatic heterocycles. The van der Waals surface area contributed by atoms with Gasteiger partial charge in [-0.25, -0.2) is 10.8 Å². The van der Waals surface area contributed by atoms with Crippen LogP contribution >= 0.6 is 11.8 Å². The lowest BCUT2D eigenvalue weighted by Gasteiger charge is -2.05. The molecule has 1 rings (SSSR count). The molecule has 88 valence electrons. The van der Waals surface area contributed by atoms with Crippen LogP contribution in [0, 0.1) is 0 Å². The number of hydrazine groups is 1. The maximum absolute atomic E-state index is 11.7. The largest absolute Gasteiger partial charge is 0.352 e. The van der Waals surface area contributed by atoms with Crippen LogP contribution in [0.25, 0.3) is 0 Å². The van der Waals surface area contributed by atoms with Gasteiger partial charge in [-0.2, -0.15) is 11.8 Å². The maximum Gasteiger partial charge on any atom is 0.251 e. The van der Waals surface area contributed by atoms with Crippen LogP contribution in [0.4, 0.5) is 5.82 Å². The van der Waals surface area contributed by atoms with Gasteiger partial charge in [-0.3, -0.25) is 4.79 Å². The molecule has 1 amide bonds. The summed E-state index contributed by atoms with van der Waals surface area (Å²) in [4.78, 5) is 15.6. The molecule has 1 aromatic rings. The van der Waals surface area contributed by atoms with Crippen molar-refractivity contribution in [1.29, 1.82) is 0 Å². The van der Waals surface area contributed by atoms with Crippen molar-refractivity contribution in [2.24, 2.45) is 5.84 Å². The summed E-state index contributed by atoms with van der Waals surface area (Å²) in [6.45, 7) is 0.688. The van der Waals surface area contributed by atoms with E-state index in [0.29, 0.717) is 17.9 Å². The van der Waals surface area contributed by atoms with Crippen LogP contribution in [0.15, 0.2) is 18.3 Å². The fourth-order valence-corrected chi connectivity index (χ4v) is 1.60. The van der Waals surface area contributed by atoms with Gasteiger partial charge in [0.25, 0.3) is 5.91 Å². The summed E-state index contributed by atoms with van der Waals surface area (Å²) in [5.41, 5.74) is 2.97. The number of nitrogen functional groups attached to an aromatic ring is 1. The van der Waals surface area contributed by atoms with Gasteiger partial charge in [0.15, 0.2) is 0 Å². The van der Waals surface area contributed by atoms with Gasteiger partial charge in [0.1, 0.15) is 5.82 Å². The Morgan fingerprint density at radius 2 is 2.44 bits per heavy atom. The van der Waals surface area contributed by atoms with Gasteiger partial charge in [0, 0.05) is 18.3 Å². The first-order chi connectivity index (χ1) is 7.77. The third kappa shape index (κ3) is 4.08. The number of nitrogens with two attached hydrogens (primary N) is 1. The molecule has 1 aromatic heterocycles. The Morgan fingerprint density at radius 1 is 1.62 bits per heavy atom. The molecule has 0 aliphatic carbocycles. The van der Waals surface area contributed by atoms with Gasteiger partial charge < -0.3 is 10.7 Å². The predicted molar refractivity (Wildman–Crippen MR) is 67.4 cm³/mol. The summed E-state index contributed by atoms with van der Waals surface area (Å²) in [6, 6.07) is 3.27. The Balaban J connectivity index is 2.46. The lowest BCUT2D eigenvalue weighted by Crippen LogP contribution is -2.25. The maximum atomic E-state index is 11.7. The molecule has 0 fully saturated rings. The van der Waals surface area contributed by atoms with Crippen molar-refractivity contribution < 1.29 is 4.79 Å². The highest BCUT2D eigenvalue weighted by Gasteiger charge is 2.05. The van der Waals surface area contributed by atoms with Crippen molar-refractivity contribution in [3.05, 3.63) is 23.9 Å². The molecule has 5 nitrogen and oxygen atoms in total. The molecule has 6 heteroatoms. The monoisotopic (exact) mass is 240 g/mol. The minimum absolute atomic E-state index is 0.0972. The van der Waals surface area contributed by atoms with E-state index in [4.69, 9.17) is 5.84 Å². The third-order valence-electron chi connectivity index (χ3n) is 1.98. The van der Waals surface area contributed by atoms with Crippen LogP contribution < -0.4 is 16.6 Å². The molecule has 1 heterocycles. The summed E-state index contributed by atoms with van der Waals surface area (Å²) >= 11 is 1.77. The number of pyridine rings is 1. The van der Waals surface area contributed by atoms with Crippen molar-refractivity contribution in [3.63, 3.8) is 0 Å². The SMILES string of the molecule is CSCCCNC(=O)c1ccnc(NN)c1. The van der Waals surface area contributed by atoms with E-state index in [9.17, 15) is 4.79 Å². The quantitative estimate of drug-likeness (QED) is 0.390. The second-order valence-corrected chi connectivity index (χ2v) is 4.16. The Labute approximate surface area is 99.2 Å². The molecule has 0 unspecified atom stereocenters. The Morgan fingerprint density at radius 3 is 3.12 bits per heavy atom. The second kappa shape index (κ2) is 7.08. The molecule has 0 spiro atoms. The zero-order chi connectivity index (χ0) is 11.8. The molecule has 0 aliphatic rings. The molecule has 4 N–H and O–H groups in total. The first-order valence-electron chi connectivity index (χ1n) is 4.97. The average molecular weight is 240 g/mol. The summed E-state index contributed by atoms with van der Waals surface area (Å²) in [7, 11) is 0. The smallest absolute Gasteiger partial charge is 0.251 e. The number of carbonyl (C=O) groups excluding carboxylic acids is 1. The third-order valence-corrected chi connectivity index (χ3v) is 2.68. The zero-order valence-corrected chi connectivity index (χ0v) is 10.0. The molecular weight excluding hydrogens is 224 g/mol. The van der Waals surface area contributed by atoms with Crippen molar-refractivity contribution in [2.75, 3.05) is 24.0 Å². The highest BCUT2D eigenvalue weighted by molar-refractivity contribution is 7.98. The number of rotatable bonds is 6. The molecule has 0 saturated heterocycles. The molecular formula is C10H16N4OS. The van der Waals surface area contributed by atoms with E-state index in [2.05, 4.69) is 15.7 Å². The number of nitrogens with zero attached hydrogens (tertiary/aromatic N) is 1. The molecule has 0 saturated carbocycles. The first kappa shape index (κ1) is 12.8. The van der Waals surface area contributed by atoms with E-state index in [0.717, 1.165) is 12.2 Å². The Hall–Kier alpha value is -1.27. The van der Waals surface area contributed by atoms with E-state index in [-0.39, 0.29) is 5.91 Å². The molecule has 0 aromatic carbocycles. The summed E-state index contributed by atoms with van der Waals surface area (Å²) in [6.07, 6.45) is 4.57. The number of thioether (sulfide) groups is 1. The Bertz CT molecular complexity index is 345. The summed E-state index contributed by atoms with van der Waals surface area (Å²) in [5, 5.41) is 2.84. The average Bonchev–Trinajstić information content (AvgIpc) is 2.34. The van der Waals surface area contributed by atoms with Gasteiger partial charge in [-0.1, -0.05) is 0 Å². The van der Waals surface area contributed by atoms with Crippen LogP contribution in [0.2, 0.25) is 0 Å². The molecule has 0 radical (unpaired) electrons. The molecule has 16 heavy (non-hydrogen) atoms. The highest BCUT2D eigenvalue weighted by Crippen LogP contribution is 2.05. The molecule has 0 bridgehead atoms. The zero-order valence-electron chi connectivity index (χ0n) is 9.19. The number of nitrogens with one attached hydrogen (secondary N) is 2. The normalized spacial score (nSPS) is 9.88. The van der Waals surface area contributed by atoms with Crippen LogP contribution in [0.5, 0.6) is 0 Å². The van der Waals surface area contributed by atoms with E-state index in [1.165, 1.54) is 0 Å². The highest BCUT2D eigenvalue weighted by atomic mass is 32.2. The van der Waals surface area contributed by atoms with Crippen LogP contribution in [-0.2, 0) is 0 Å². The number of amides is 1. The minimum Gasteiger partial charge on any atom is -0.352 e. The number of hydrogen-bond donors (Lipinski definition) is 3. The van der Waals surface area contributed by atoms with E-state index in [1.807, 2.05) is 6.26 Å². The van der Waals surface area contributed by atoms with E-state index >= 15 is 0 Å². The van der Waals surface area contributed by atoms with Gasteiger partial charge in [0.2, 0.25) is 0 Å². The van der Waals surface area contributed by atoms with Crippen molar-refractivity contribution >= 4 is 23.5 Å². The lowest BCUT2D eigenvalue weighted by molar-refractivity contribution is 0.0953.